The van der Waals surface area contributed by atoms with Crippen molar-refractivity contribution in [2.24, 2.45) is 17.6 Å². The van der Waals surface area contributed by atoms with E-state index in [0.717, 1.165) is 50.9 Å². The number of carbonyl (C=O) groups is 1. The van der Waals surface area contributed by atoms with Crippen LogP contribution in [0.1, 0.15) is 38.2 Å². The lowest BCUT2D eigenvalue weighted by Gasteiger charge is -2.35. The van der Waals surface area contributed by atoms with E-state index >= 15 is 0 Å². The van der Waals surface area contributed by atoms with Crippen molar-refractivity contribution >= 4 is 15.7 Å². The van der Waals surface area contributed by atoms with Crippen LogP contribution in [0.2, 0.25) is 0 Å². The van der Waals surface area contributed by atoms with Gasteiger partial charge in [0.1, 0.15) is 0 Å². The number of carbonyl (C=O) groups excluding carboxylic acids is 1. The van der Waals surface area contributed by atoms with Gasteiger partial charge in [-0.2, -0.15) is 0 Å². The Morgan fingerprint density at radius 2 is 1.83 bits per heavy atom. The molecule has 0 aliphatic carbocycles. The Kier molecular flexibility index (Phi) is 6.40. The van der Waals surface area contributed by atoms with Gasteiger partial charge in [0, 0.05) is 18.7 Å². The zero-order valence-electron chi connectivity index (χ0n) is 14.6. The van der Waals surface area contributed by atoms with Gasteiger partial charge in [-0.25, -0.2) is 8.42 Å². The Hall–Kier alpha value is -1.40. The highest BCUT2D eigenvalue weighted by Gasteiger charge is 2.29. The zero-order valence-corrected chi connectivity index (χ0v) is 15.4. The third-order valence-corrected chi connectivity index (χ3v) is 6.05. The molecule has 1 fully saturated rings. The maximum Gasteiger partial charge on any atom is 0.220 e. The summed E-state index contributed by atoms with van der Waals surface area (Å²) < 4.78 is 23.0. The van der Waals surface area contributed by atoms with E-state index in [1.54, 1.807) is 12.1 Å². The summed E-state index contributed by atoms with van der Waals surface area (Å²) in [5.74, 6) is 0.240. The number of amides is 1. The van der Waals surface area contributed by atoms with Gasteiger partial charge in [0.05, 0.1) is 4.90 Å². The van der Waals surface area contributed by atoms with Crippen molar-refractivity contribution < 1.29 is 13.2 Å². The second-order valence-corrected chi connectivity index (χ2v) is 8.84. The summed E-state index contributed by atoms with van der Waals surface area (Å²) >= 11 is 0. The fourth-order valence-corrected chi connectivity index (χ4v) is 4.17. The summed E-state index contributed by atoms with van der Waals surface area (Å²) in [5.41, 5.74) is 6.67. The van der Waals surface area contributed by atoms with Crippen molar-refractivity contribution in [1.29, 1.82) is 0 Å². The minimum Gasteiger partial charge on any atom is -0.369 e. The predicted octanol–water partition coefficient (Wildman–Crippen LogP) is 2.20. The van der Waals surface area contributed by atoms with Crippen LogP contribution in [0.4, 0.5) is 0 Å². The minimum absolute atomic E-state index is 0.00574. The molecule has 1 amide bonds. The van der Waals surface area contributed by atoms with E-state index in [2.05, 4.69) is 11.8 Å². The average molecular weight is 353 g/mol. The Bertz CT molecular complexity index is 647. The first-order chi connectivity index (χ1) is 11.3. The van der Waals surface area contributed by atoms with Gasteiger partial charge in [0.2, 0.25) is 5.91 Å². The number of hydrogen-bond donors (Lipinski definition) is 1. The quantitative estimate of drug-likeness (QED) is 0.816. The number of benzene rings is 1. The van der Waals surface area contributed by atoms with Gasteiger partial charge in [-0.1, -0.05) is 25.5 Å². The van der Waals surface area contributed by atoms with Crippen molar-refractivity contribution in [3.05, 3.63) is 29.8 Å². The normalized spacial score (nSPS) is 18.4. The van der Waals surface area contributed by atoms with E-state index in [1.807, 2.05) is 12.1 Å². The summed E-state index contributed by atoms with van der Waals surface area (Å²) in [6, 6.07) is 7.10. The molecule has 1 heterocycles. The fourth-order valence-electron chi connectivity index (χ4n) is 3.53. The fraction of sp³-hybridized carbons (Fsp3) is 0.611. The molecule has 0 spiro atoms. The molecule has 1 aromatic rings. The standard InChI is InChI=1S/C18H28N2O3S/c1-3-4-17(18(19)21)15-9-11-20(12-10-15)13-14-5-7-16(8-6-14)24(2,22)23/h5-8,15,17H,3-4,9-13H2,1-2H3,(H2,19,21). The molecule has 134 valence electrons. The summed E-state index contributed by atoms with van der Waals surface area (Å²) in [7, 11) is -3.14. The molecule has 0 radical (unpaired) electrons. The molecule has 5 nitrogen and oxygen atoms in total. The van der Waals surface area contributed by atoms with Crippen LogP contribution < -0.4 is 5.73 Å². The van der Waals surface area contributed by atoms with Crippen LogP contribution in [0.15, 0.2) is 29.2 Å². The molecule has 0 bridgehead atoms. The van der Waals surface area contributed by atoms with Gasteiger partial charge >= 0.3 is 0 Å². The van der Waals surface area contributed by atoms with E-state index < -0.39 is 9.84 Å². The number of rotatable bonds is 7. The van der Waals surface area contributed by atoms with Gasteiger partial charge in [0.25, 0.3) is 0 Å². The van der Waals surface area contributed by atoms with Crippen molar-refractivity contribution in [3.63, 3.8) is 0 Å². The van der Waals surface area contributed by atoms with Crippen LogP contribution in [0.25, 0.3) is 0 Å². The molecule has 1 unspecified atom stereocenters. The Morgan fingerprint density at radius 3 is 2.29 bits per heavy atom. The van der Waals surface area contributed by atoms with Gasteiger partial charge in [-0.05, 0) is 56.0 Å². The third kappa shape index (κ3) is 5.05. The highest BCUT2D eigenvalue weighted by atomic mass is 32.2. The molecule has 1 aliphatic heterocycles. The predicted molar refractivity (Wildman–Crippen MR) is 95.1 cm³/mol. The number of primary amides is 1. The lowest BCUT2D eigenvalue weighted by Crippen LogP contribution is -2.39. The largest absolute Gasteiger partial charge is 0.369 e. The van der Waals surface area contributed by atoms with Crippen LogP contribution in [-0.4, -0.2) is 38.6 Å². The Labute approximate surface area is 145 Å². The SMILES string of the molecule is CCCC(C(N)=O)C1CCN(Cc2ccc(S(C)(=O)=O)cc2)CC1. The van der Waals surface area contributed by atoms with Crippen molar-refractivity contribution in [2.45, 2.75) is 44.0 Å². The maximum absolute atomic E-state index is 11.6. The molecule has 1 aliphatic rings. The van der Waals surface area contributed by atoms with E-state index in [1.165, 1.54) is 6.26 Å². The number of nitrogens with two attached hydrogens (primary N) is 1. The van der Waals surface area contributed by atoms with Crippen LogP contribution in [0.3, 0.4) is 0 Å². The Morgan fingerprint density at radius 1 is 1.25 bits per heavy atom. The van der Waals surface area contributed by atoms with Gasteiger partial charge in [0.15, 0.2) is 9.84 Å². The highest BCUT2D eigenvalue weighted by molar-refractivity contribution is 7.90. The van der Waals surface area contributed by atoms with Crippen molar-refractivity contribution in [1.82, 2.24) is 4.90 Å². The maximum atomic E-state index is 11.6. The molecule has 1 saturated heterocycles. The first-order valence-electron chi connectivity index (χ1n) is 8.62. The zero-order chi connectivity index (χ0) is 17.7. The number of hydrogen-bond acceptors (Lipinski definition) is 4. The van der Waals surface area contributed by atoms with Crippen LogP contribution in [0.5, 0.6) is 0 Å². The van der Waals surface area contributed by atoms with Crippen molar-refractivity contribution in [3.8, 4) is 0 Å². The number of likely N-dealkylation sites (tertiary alicyclic amines) is 1. The minimum atomic E-state index is -3.14. The first kappa shape index (κ1) is 18.9. The number of sulfone groups is 1. The molecule has 2 rings (SSSR count). The van der Waals surface area contributed by atoms with Crippen LogP contribution in [-0.2, 0) is 21.2 Å². The summed E-state index contributed by atoms with van der Waals surface area (Å²) in [6.07, 6.45) is 5.08. The highest BCUT2D eigenvalue weighted by Crippen LogP contribution is 2.28. The lowest BCUT2D eigenvalue weighted by atomic mass is 9.81. The first-order valence-corrected chi connectivity index (χ1v) is 10.5. The van der Waals surface area contributed by atoms with E-state index in [-0.39, 0.29) is 11.8 Å². The monoisotopic (exact) mass is 352 g/mol. The van der Waals surface area contributed by atoms with E-state index in [9.17, 15) is 13.2 Å². The van der Waals surface area contributed by atoms with Gasteiger partial charge in [-0.3, -0.25) is 9.69 Å². The topological polar surface area (TPSA) is 80.5 Å². The molecular formula is C18H28N2O3S. The summed E-state index contributed by atoms with van der Waals surface area (Å²) in [5, 5.41) is 0. The molecule has 0 aromatic heterocycles. The smallest absolute Gasteiger partial charge is 0.220 e. The average Bonchev–Trinajstić information content (AvgIpc) is 2.53. The molecular weight excluding hydrogens is 324 g/mol. The lowest BCUT2D eigenvalue weighted by molar-refractivity contribution is -0.124. The van der Waals surface area contributed by atoms with Crippen molar-refractivity contribution in [2.75, 3.05) is 19.3 Å². The number of nitrogens with zero attached hydrogens (tertiary/aromatic N) is 1. The molecule has 2 N–H and O–H groups in total. The van der Waals surface area contributed by atoms with E-state index in [4.69, 9.17) is 5.73 Å². The Balaban J connectivity index is 1.90. The second-order valence-electron chi connectivity index (χ2n) is 6.83. The number of piperidine rings is 1. The molecule has 0 saturated carbocycles. The molecule has 1 atom stereocenters. The van der Waals surface area contributed by atoms with Crippen LogP contribution in [0, 0.1) is 11.8 Å². The van der Waals surface area contributed by atoms with E-state index in [0.29, 0.717) is 10.8 Å². The second kappa shape index (κ2) is 8.12. The van der Waals surface area contributed by atoms with Crippen LogP contribution >= 0.6 is 0 Å². The van der Waals surface area contributed by atoms with Gasteiger partial charge < -0.3 is 5.73 Å². The third-order valence-electron chi connectivity index (χ3n) is 4.92. The molecule has 24 heavy (non-hydrogen) atoms. The molecule has 1 aromatic carbocycles. The molecule has 6 heteroatoms. The van der Waals surface area contributed by atoms with Gasteiger partial charge in [-0.15, -0.1) is 0 Å². The summed E-state index contributed by atoms with van der Waals surface area (Å²) in [6.45, 7) is 4.80. The summed E-state index contributed by atoms with van der Waals surface area (Å²) in [4.78, 5) is 14.3.